The van der Waals surface area contributed by atoms with E-state index in [4.69, 9.17) is 9.15 Å². The van der Waals surface area contributed by atoms with Gasteiger partial charge in [-0.15, -0.1) is 0 Å². The summed E-state index contributed by atoms with van der Waals surface area (Å²) in [6, 6.07) is 3.71. The molecule has 6 heteroatoms. The van der Waals surface area contributed by atoms with Gasteiger partial charge in [0.15, 0.2) is 0 Å². The highest BCUT2D eigenvalue weighted by Gasteiger charge is 2.39. The molecule has 2 aliphatic heterocycles. The number of amides is 2. The van der Waals surface area contributed by atoms with E-state index in [1.165, 1.54) is 0 Å². The SMILES string of the molecule is C[C@@H]1CN(C(=O)[C@H]2CC(=O)N(Cc3ccco3)C2)[C@H](C)CO1. The molecular weight excluding hydrogens is 284 g/mol. The van der Waals surface area contributed by atoms with Gasteiger partial charge in [-0.1, -0.05) is 0 Å². The van der Waals surface area contributed by atoms with E-state index >= 15 is 0 Å². The van der Waals surface area contributed by atoms with Crippen LogP contribution in [0.5, 0.6) is 0 Å². The zero-order valence-electron chi connectivity index (χ0n) is 13.0. The molecule has 120 valence electrons. The van der Waals surface area contributed by atoms with Crippen molar-refractivity contribution in [3.8, 4) is 0 Å². The molecule has 3 heterocycles. The van der Waals surface area contributed by atoms with Crippen LogP contribution in [0.1, 0.15) is 26.0 Å². The third-order valence-electron chi connectivity index (χ3n) is 4.38. The first-order valence-corrected chi connectivity index (χ1v) is 7.77. The van der Waals surface area contributed by atoms with Crippen LogP contribution in [0.2, 0.25) is 0 Å². The Morgan fingerprint density at radius 3 is 2.91 bits per heavy atom. The third-order valence-corrected chi connectivity index (χ3v) is 4.38. The number of nitrogens with zero attached hydrogens (tertiary/aromatic N) is 2. The number of morpholine rings is 1. The van der Waals surface area contributed by atoms with Gasteiger partial charge in [0, 0.05) is 19.5 Å². The minimum atomic E-state index is -0.254. The van der Waals surface area contributed by atoms with Crippen molar-refractivity contribution < 1.29 is 18.7 Å². The van der Waals surface area contributed by atoms with E-state index in [0.29, 0.717) is 26.2 Å². The fraction of sp³-hybridized carbons (Fsp3) is 0.625. The molecule has 2 amide bonds. The molecular formula is C16H22N2O4. The van der Waals surface area contributed by atoms with Crippen molar-refractivity contribution in [3.05, 3.63) is 24.2 Å². The number of hydrogen-bond donors (Lipinski definition) is 0. The molecule has 0 aliphatic carbocycles. The average molecular weight is 306 g/mol. The molecule has 3 atom stereocenters. The maximum absolute atomic E-state index is 12.7. The molecule has 2 fully saturated rings. The fourth-order valence-corrected chi connectivity index (χ4v) is 3.13. The molecule has 0 bridgehead atoms. The maximum Gasteiger partial charge on any atom is 0.228 e. The second-order valence-electron chi connectivity index (χ2n) is 6.24. The van der Waals surface area contributed by atoms with Gasteiger partial charge in [-0.3, -0.25) is 9.59 Å². The maximum atomic E-state index is 12.7. The van der Waals surface area contributed by atoms with Gasteiger partial charge in [0.25, 0.3) is 0 Å². The molecule has 0 spiro atoms. The van der Waals surface area contributed by atoms with E-state index in [2.05, 4.69) is 0 Å². The molecule has 0 saturated carbocycles. The van der Waals surface area contributed by atoms with Gasteiger partial charge in [-0.2, -0.15) is 0 Å². The number of ether oxygens (including phenoxy) is 1. The van der Waals surface area contributed by atoms with Crippen LogP contribution in [0.15, 0.2) is 22.8 Å². The van der Waals surface area contributed by atoms with E-state index in [9.17, 15) is 9.59 Å². The predicted octanol–water partition coefficient (Wildman–Crippen LogP) is 1.26. The lowest BCUT2D eigenvalue weighted by Gasteiger charge is -2.38. The minimum absolute atomic E-state index is 0.0173. The summed E-state index contributed by atoms with van der Waals surface area (Å²) in [4.78, 5) is 28.4. The second-order valence-corrected chi connectivity index (χ2v) is 6.24. The smallest absolute Gasteiger partial charge is 0.228 e. The summed E-state index contributed by atoms with van der Waals surface area (Å²) in [5.41, 5.74) is 0. The largest absolute Gasteiger partial charge is 0.467 e. The normalized spacial score (nSPS) is 29.2. The molecule has 1 aromatic heterocycles. The van der Waals surface area contributed by atoms with Gasteiger partial charge in [-0.05, 0) is 26.0 Å². The Labute approximate surface area is 130 Å². The zero-order chi connectivity index (χ0) is 15.7. The van der Waals surface area contributed by atoms with E-state index < -0.39 is 0 Å². The molecule has 0 unspecified atom stereocenters. The summed E-state index contributed by atoms with van der Waals surface area (Å²) in [6.45, 7) is 6.02. The van der Waals surface area contributed by atoms with Gasteiger partial charge in [0.1, 0.15) is 5.76 Å². The van der Waals surface area contributed by atoms with Crippen LogP contribution in [0.4, 0.5) is 0 Å². The van der Waals surface area contributed by atoms with Crippen LogP contribution in [0.25, 0.3) is 0 Å². The lowest BCUT2D eigenvalue weighted by atomic mass is 10.0. The topological polar surface area (TPSA) is 63.0 Å². The average Bonchev–Trinajstić information content (AvgIpc) is 3.12. The van der Waals surface area contributed by atoms with Gasteiger partial charge in [0.05, 0.1) is 37.5 Å². The van der Waals surface area contributed by atoms with Crippen molar-refractivity contribution in [1.82, 2.24) is 9.80 Å². The first kappa shape index (κ1) is 15.1. The highest BCUT2D eigenvalue weighted by Crippen LogP contribution is 2.24. The highest BCUT2D eigenvalue weighted by atomic mass is 16.5. The van der Waals surface area contributed by atoms with Crippen LogP contribution in [-0.4, -0.2) is 53.5 Å². The lowest BCUT2D eigenvalue weighted by Crippen LogP contribution is -2.52. The molecule has 6 nitrogen and oxygen atoms in total. The van der Waals surface area contributed by atoms with E-state index in [1.807, 2.05) is 24.8 Å². The number of rotatable bonds is 3. The Morgan fingerprint density at radius 2 is 2.18 bits per heavy atom. The summed E-state index contributed by atoms with van der Waals surface area (Å²) in [6.07, 6.45) is 1.93. The van der Waals surface area contributed by atoms with Crippen LogP contribution >= 0.6 is 0 Å². The first-order valence-electron chi connectivity index (χ1n) is 7.77. The highest BCUT2D eigenvalue weighted by molar-refractivity contribution is 5.89. The Kier molecular flexibility index (Phi) is 4.20. The summed E-state index contributed by atoms with van der Waals surface area (Å²) < 4.78 is 10.8. The molecule has 2 saturated heterocycles. The van der Waals surface area contributed by atoms with Crippen LogP contribution < -0.4 is 0 Å². The summed E-state index contributed by atoms with van der Waals surface area (Å²) in [5.74, 6) is 0.576. The summed E-state index contributed by atoms with van der Waals surface area (Å²) in [7, 11) is 0. The number of carbonyl (C=O) groups is 2. The van der Waals surface area contributed by atoms with Gasteiger partial charge >= 0.3 is 0 Å². The Hall–Kier alpha value is -1.82. The predicted molar refractivity (Wildman–Crippen MR) is 78.8 cm³/mol. The first-order chi connectivity index (χ1) is 10.5. The van der Waals surface area contributed by atoms with Crippen LogP contribution in [0.3, 0.4) is 0 Å². The van der Waals surface area contributed by atoms with Gasteiger partial charge in [0.2, 0.25) is 11.8 Å². The summed E-state index contributed by atoms with van der Waals surface area (Å²) >= 11 is 0. The number of carbonyl (C=O) groups excluding carboxylic acids is 2. The fourth-order valence-electron chi connectivity index (χ4n) is 3.13. The monoisotopic (exact) mass is 306 g/mol. The van der Waals surface area contributed by atoms with E-state index in [-0.39, 0.29) is 36.3 Å². The number of likely N-dealkylation sites (tertiary alicyclic amines) is 1. The van der Waals surface area contributed by atoms with Crippen molar-refractivity contribution >= 4 is 11.8 Å². The number of hydrogen-bond acceptors (Lipinski definition) is 4. The zero-order valence-corrected chi connectivity index (χ0v) is 13.0. The Morgan fingerprint density at radius 1 is 1.36 bits per heavy atom. The summed E-state index contributed by atoms with van der Waals surface area (Å²) in [5, 5.41) is 0. The quantitative estimate of drug-likeness (QED) is 0.843. The second kappa shape index (κ2) is 6.12. The lowest BCUT2D eigenvalue weighted by molar-refractivity contribution is -0.147. The van der Waals surface area contributed by atoms with E-state index in [0.717, 1.165) is 5.76 Å². The molecule has 2 aliphatic rings. The molecule has 0 aromatic carbocycles. The molecule has 22 heavy (non-hydrogen) atoms. The van der Waals surface area contributed by atoms with Gasteiger partial charge < -0.3 is 19.0 Å². The van der Waals surface area contributed by atoms with Gasteiger partial charge in [-0.25, -0.2) is 0 Å². The molecule has 3 rings (SSSR count). The molecule has 0 radical (unpaired) electrons. The van der Waals surface area contributed by atoms with Crippen molar-refractivity contribution in [2.24, 2.45) is 5.92 Å². The third kappa shape index (κ3) is 3.02. The van der Waals surface area contributed by atoms with Crippen molar-refractivity contribution in [2.75, 3.05) is 19.7 Å². The van der Waals surface area contributed by atoms with E-state index in [1.54, 1.807) is 17.2 Å². The van der Waals surface area contributed by atoms with Crippen LogP contribution in [0, 0.1) is 5.92 Å². The van der Waals surface area contributed by atoms with Crippen molar-refractivity contribution in [1.29, 1.82) is 0 Å². The van der Waals surface area contributed by atoms with Crippen molar-refractivity contribution in [2.45, 2.75) is 39.0 Å². The molecule has 1 aromatic rings. The Balaban J connectivity index is 1.63. The number of furan rings is 1. The van der Waals surface area contributed by atoms with Crippen molar-refractivity contribution in [3.63, 3.8) is 0 Å². The Bertz CT molecular complexity index is 542. The van der Waals surface area contributed by atoms with Crippen LogP contribution in [-0.2, 0) is 20.9 Å². The standard InChI is InChI=1S/C16H22N2O4/c1-11-10-22-12(2)7-18(11)16(20)13-6-15(19)17(8-13)9-14-4-3-5-21-14/h3-5,11-13H,6-10H2,1-2H3/t11-,12-,13+/m1/s1. The minimum Gasteiger partial charge on any atom is -0.467 e. The molecule has 0 N–H and O–H groups in total.